The molecule has 1 N–H and O–H groups in total. The van der Waals surface area contributed by atoms with Crippen LogP contribution in [0.2, 0.25) is 0 Å². The summed E-state index contributed by atoms with van der Waals surface area (Å²) in [5, 5.41) is 2.59. The summed E-state index contributed by atoms with van der Waals surface area (Å²) in [4.78, 5) is 12.0. The van der Waals surface area contributed by atoms with Gasteiger partial charge in [0.25, 0.3) is 0 Å². The van der Waals surface area contributed by atoms with Crippen LogP contribution in [0.3, 0.4) is 0 Å². The lowest BCUT2D eigenvalue weighted by molar-refractivity contribution is -0.137. The minimum absolute atomic E-state index is 0.252. The van der Waals surface area contributed by atoms with Crippen LogP contribution >= 0.6 is 0 Å². The molecule has 1 aliphatic heterocycles. The number of amides is 1. The number of benzene rings is 1. The van der Waals surface area contributed by atoms with Crippen LogP contribution in [0, 0.1) is 0 Å². The molecule has 1 aromatic carbocycles. The fraction of sp³-hybridized carbons (Fsp3) is 0.556. The van der Waals surface area contributed by atoms with E-state index in [4.69, 9.17) is 4.74 Å². The molecule has 0 fully saturated rings. The van der Waals surface area contributed by atoms with E-state index >= 15 is 0 Å². The maximum atomic E-state index is 13.1. The van der Waals surface area contributed by atoms with Gasteiger partial charge < -0.3 is 10.1 Å². The zero-order valence-corrected chi connectivity index (χ0v) is 16.8. The highest BCUT2D eigenvalue weighted by molar-refractivity contribution is 7.85. The largest absolute Gasteiger partial charge is 0.444 e. The third-order valence-corrected chi connectivity index (χ3v) is 5.49. The van der Waals surface area contributed by atoms with Crippen molar-refractivity contribution in [2.45, 2.75) is 64.1 Å². The van der Waals surface area contributed by atoms with Gasteiger partial charge in [-0.05, 0) is 59.2 Å². The Morgan fingerprint density at radius 3 is 2.37 bits per heavy atom. The van der Waals surface area contributed by atoms with Crippen molar-refractivity contribution in [3.05, 3.63) is 34.9 Å². The van der Waals surface area contributed by atoms with Crippen molar-refractivity contribution in [2.24, 2.45) is 4.40 Å². The van der Waals surface area contributed by atoms with Gasteiger partial charge in [0.2, 0.25) is 0 Å². The molecule has 0 aromatic heterocycles. The molecule has 2 atom stereocenters. The van der Waals surface area contributed by atoms with E-state index in [0.29, 0.717) is 5.56 Å². The molecule has 150 valence electrons. The van der Waals surface area contributed by atoms with Crippen LogP contribution in [0.15, 0.2) is 22.6 Å². The molecule has 1 heterocycles. The SMILES string of the molecule is C[C@H](NC(=O)OC(C)(C)C)C1=NS(=O)C(C)(C)c2cc(C(F)(F)F)ccc21. The minimum Gasteiger partial charge on any atom is -0.444 e. The van der Waals surface area contributed by atoms with Crippen LogP contribution in [0.5, 0.6) is 0 Å². The maximum Gasteiger partial charge on any atom is 0.416 e. The van der Waals surface area contributed by atoms with Crippen LogP contribution < -0.4 is 5.32 Å². The first kappa shape index (κ1) is 21.4. The Bertz CT molecular complexity index is 811. The van der Waals surface area contributed by atoms with Gasteiger partial charge in [-0.15, -0.1) is 0 Å². The Labute approximate surface area is 159 Å². The zero-order valence-electron chi connectivity index (χ0n) is 16.0. The number of carbonyl (C=O) groups excluding carboxylic acids is 1. The second kappa shape index (κ2) is 6.92. The molecule has 0 bridgehead atoms. The Balaban J connectivity index is 2.43. The predicted octanol–water partition coefficient (Wildman–Crippen LogP) is 4.32. The summed E-state index contributed by atoms with van der Waals surface area (Å²) in [6.07, 6.45) is -5.20. The van der Waals surface area contributed by atoms with E-state index in [-0.39, 0.29) is 11.3 Å². The van der Waals surface area contributed by atoms with E-state index in [9.17, 15) is 22.2 Å². The third-order valence-electron chi connectivity index (χ3n) is 4.03. The Kier molecular flexibility index (Phi) is 5.49. The highest BCUT2D eigenvalue weighted by atomic mass is 32.2. The summed E-state index contributed by atoms with van der Waals surface area (Å²) >= 11 is 0. The van der Waals surface area contributed by atoms with E-state index < -0.39 is 45.2 Å². The molecule has 9 heteroatoms. The number of hydrogen-bond donors (Lipinski definition) is 1. The molecule has 0 saturated heterocycles. The molecule has 0 saturated carbocycles. The van der Waals surface area contributed by atoms with Crippen molar-refractivity contribution in [1.82, 2.24) is 5.32 Å². The Hall–Kier alpha value is -1.90. The molecule has 1 aromatic rings. The first-order valence-electron chi connectivity index (χ1n) is 8.35. The molecule has 5 nitrogen and oxygen atoms in total. The van der Waals surface area contributed by atoms with Crippen molar-refractivity contribution in [3.8, 4) is 0 Å². The molecule has 0 aliphatic carbocycles. The van der Waals surface area contributed by atoms with Gasteiger partial charge in [-0.25, -0.2) is 9.00 Å². The van der Waals surface area contributed by atoms with E-state index in [0.717, 1.165) is 12.1 Å². The fourth-order valence-electron chi connectivity index (χ4n) is 2.65. The second-order valence-electron chi connectivity index (χ2n) is 7.86. The average molecular weight is 404 g/mol. The number of fused-ring (bicyclic) bond motifs is 1. The summed E-state index contributed by atoms with van der Waals surface area (Å²) in [5.74, 6) is 0. The summed E-state index contributed by atoms with van der Waals surface area (Å²) in [6, 6.07) is 2.57. The Morgan fingerprint density at radius 2 is 1.85 bits per heavy atom. The normalized spacial score (nSPS) is 20.3. The number of halogens is 3. The van der Waals surface area contributed by atoms with Gasteiger partial charge in [0.1, 0.15) is 16.6 Å². The van der Waals surface area contributed by atoms with E-state index in [1.807, 2.05) is 0 Å². The number of alkyl halides is 3. The lowest BCUT2D eigenvalue weighted by atomic mass is 9.89. The van der Waals surface area contributed by atoms with Crippen molar-refractivity contribution in [2.75, 3.05) is 0 Å². The average Bonchev–Trinajstić information content (AvgIpc) is 2.47. The molecule has 0 radical (unpaired) electrons. The first-order chi connectivity index (χ1) is 12.1. The molecule has 1 aliphatic rings. The molecule has 1 amide bonds. The van der Waals surface area contributed by atoms with Crippen LogP contribution in [0.4, 0.5) is 18.0 Å². The number of nitrogens with one attached hydrogen (secondary N) is 1. The van der Waals surface area contributed by atoms with Crippen LogP contribution in [0.25, 0.3) is 0 Å². The van der Waals surface area contributed by atoms with Gasteiger partial charge in [-0.2, -0.15) is 17.6 Å². The first-order valence-corrected chi connectivity index (χ1v) is 9.46. The van der Waals surface area contributed by atoms with Crippen molar-refractivity contribution in [3.63, 3.8) is 0 Å². The molecule has 0 spiro atoms. The molecular formula is C18H23F3N2O3S. The van der Waals surface area contributed by atoms with E-state index in [2.05, 4.69) is 9.71 Å². The minimum atomic E-state index is -4.51. The van der Waals surface area contributed by atoms with Crippen molar-refractivity contribution < 1.29 is 26.9 Å². The number of hydrogen-bond acceptors (Lipinski definition) is 3. The molecule has 27 heavy (non-hydrogen) atoms. The van der Waals surface area contributed by atoms with Gasteiger partial charge in [0.05, 0.1) is 22.1 Å². The van der Waals surface area contributed by atoms with Crippen LogP contribution in [0.1, 0.15) is 58.2 Å². The monoisotopic (exact) mass is 404 g/mol. The molecular weight excluding hydrogens is 381 g/mol. The van der Waals surface area contributed by atoms with Gasteiger partial charge >= 0.3 is 12.3 Å². The second-order valence-corrected chi connectivity index (χ2v) is 9.56. The van der Waals surface area contributed by atoms with E-state index in [1.165, 1.54) is 6.07 Å². The number of alkyl carbamates (subject to hydrolysis) is 1. The van der Waals surface area contributed by atoms with Crippen LogP contribution in [-0.2, 0) is 26.6 Å². The van der Waals surface area contributed by atoms with Gasteiger partial charge in [0, 0.05) is 5.56 Å². The number of nitrogens with zero attached hydrogens (tertiary/aromatic N) is 1. The lowest BCUT2D eigenvalue weighted by Gasteiger charge is -2.32. The zero-order chi connectivity index (χ0) is 20.8. The lowest BCUT2D eigenvalue weighted by Crippen LogP contribution is -2.44. The third kappa shape index (κ3) is 4.69. The molecule has 2 rings (SSSR count). The summed E-state index contributed by atoms with van der Waals surface area (Å²) in [5.41, 5.74) is -0.570. The topological polar surface area (TPSA) is 67.8 Å². The fourth-order valence-corrected chi connectivity index (χ4v) is 3.67. The number of ether oxygens (including phenoxy) is 1. The highest BCUT2D eigenvalue weighted by Gasteiger charge is 2.40. The maximum absolute atomic E-state index is 13.1. The quantitative estimate of drug-likeness (QED) is 0.798. The highest BCUT2D eigenvalue weighted by Crippen LogP contribution is 2.39. The van der Waals surface area contributed by atoms with Crippen molar-refractivity contribution in [1.29, 1.82) is 0 Å². The van der Waals surface area contributed by atoms with Gasteiger partial charge in [0.15, 0.2) is 0 Å². The van der Waals surface area contributed by atoms with Gasteiger partial charge in [-0.3, -0.25) is 0 Å². The molecule has 1 unspecified atom stereocenters. The Morgan fingerprint density at radius 1 is 1.26 bits per heavy atom. The number of carbonyl (C=O) groups is 1. The van der Waals surface area contributed by atoms with E-state index in [1.54, 1.807) is 41.5 Å². The summed E-state index contributed by atoms with van der Waals surface area (Å²) < 4.78 is 60.2. The summed E-state index contributed by atoms with van der Waals surface area (Å²) in [7, 11) is -1.80. The smallest absolute Gasteiger partial charge is 0.416 e. The van der Waals surface area contributed by atoms with Crippen molar-refractivity contribution >= 4 is 22.8 Å². The van der Waals surface area contributed by atoms with Crippen LogP contribution in [-0.4, -0.2) is 27.7 Å². The number of rotatable bonds is 2. The summed E-state index contributed by atoms with van der Waals surface area (Å²) in [6.45, 7) is 9.89. The van der Waals surface area contributed by atoms with Gasteiger partial charge in [-0.1, -0.05) is 6.07 Å². The standard InChI is InChI=1S/C18H23F3N2O3S/c1-10(22-15(24)26-16(2,3)4)14-12-8-7-11(18(19,20)21)9-13(12)17(5,6)27(25)23-14/h7-10H,1-6H3,(H,22,24)/t10-,27?/m0/s1. The predicted molar refractivity (Wildman–Crippen MR) is 98.0 cm³/mol.